The molecule has 28 heavy (non-hydrogen) atoms. The first-order valence-corrected chi connectivity index (χ1v) is 9.21. The summed E-state index contributed by atoms with van der Waals surface area (Å²) in [6, 6.07) is 13.7. The van der Waals surface area contributed by atoms with Crippen molar-refractivity contribution in [3.05, 3.63) is 87.1 Å². The lowest BCUT2D eigenvalue weighted by Gasteiger charge is -2.28. The Balaban J connectivity index is 1.57. The first-order chi connectivity index (χ1) is 13.5. The second-order valence-corrected chi connectivity index (χ2v) is 7.08. The highest BCUT2D eigenvalue weighted by atomic mass is 19.1. The van der Waals surface area contributed by atoms with E-state index in [1.165, 1.54) is 12.1 Å². The van der Waals surface area contributed by atoms with Gasteiger partial charge >= 0.3 is 0 Å². The summed E-state index contributed by atoms with van der Waals surface area (Å²) in [6.07, 6.45) is 0.798. The van der Waals surface area contributed by atoms with E-state index < -0.39 is 0 Å². The van der Waals surface area contributed by atoms with Crippen LogP contribution in [0.4, 0.5) is 4.39 Å². The number of aromatic nitrogens is 2. The lowest BCUT2D eigenvalue weighted by Crippen LogP contribution is -2.40. The van der Waals surface area contributed by atoms with Crippen LogP contribution in [0.1, 0.15) is 22.4 Å². The number of aromatic amines is 1. The van der Waals surface area contributed by atoms with Gasteiger partial charge in [-0.3, -0.25) is 9.59 Å². The number of nitrogens with zero attached hydrogens (tertiary/aromatic N) is 2. The van der Waals surface area contributed by atoms with E-state index in [0.29, 0.717) is 48.6 Å². The molecule has 0 aliphatic carbocycles. The van der Waals surface area contributed by atoms with Gasteiger partial charge in [0.1, 0.15) is 11.6 Å². The average molecular weight is 377 g/mol. The molecule has 6 heteroatoms. The molecule has 0 saturated carbocycles. The van der Waals surface area contributed by atoms with E-state index in [4.69, 9.17) is 0 Å². The number of H-pyrrole nitrogens is 1. The largest absolute Gasteiger partial charge is 0.336 e. The van der Waals surface area contributed by atoms with Crippen molar-refractivity contribution in [1.29, 1.82) is 0 Å². The van der Waals surface area contributed by atoms with E-state index in [1.54, 1.807) is 17.0 Å². The number of fused-ring (bicyclic) bond motifs is 1. The van der Waals surface area contributed by atoms with Crippen molar-refractivity contribution < 1.29 is 9.18 Å². The van der Waals surface area contributed by atoms with Crippen molar-refractivity contribution in [2.45, 2.75) is 26.3 Å². The molecule has 142 valence electrons. The molecule has 1 amide bonds. The van der Waals surface area contributed by atoms with Crippen LogP contribution >= 0.6 is 0 Å². The van der Waals surface area contributed by atoms with E-state index in [0.717, 1.165) is 11.1 Å². The lowest BCUT2D eigenvalue weighted by molar-refractivity contribution is -0.131. The maximum atomic E-state index is 13.2. The molecule has 5 nitrogen and oxygen atoms in total. The number of amides is 1. The van der Waals surface area contributed by atoms with Crippen molar-refractivity contribution in [2.24, 2.45) is 0 Å². The lowest BCUT2D eigenvalue weighted by atomic mass is 10.0. The normalized spacial score (nSPS) is 13.3. The zero-order valence-electron chi connectivity index (χ0n) is 15.5. The van der Waals surface area contributed by atoms with Crippen LogP contribution in [0.25, 0.3) is 11.4 Å². The molecule has 2 aromatic carbocycles. The van der Waals surface area contributed by atoms with E-state index in [2.05, 4.69) is 9.97 Å². The molecule has 1 aliphatic heterocycles. The van der Waals surface area contributed by atoms with Crippen molar-refractivity contribution in [3.63, 3.8) is 0 Å². The van der Waals surface area contributed by atoms with Gasteiger partial charge in [-0.1, -0.05) is 29.8 Å². The number of carbonyl (C=O) groups is 1. The monoisotopic (exact) mass is 377 g/mol. The van der Waals surface area contributed by atoms with Crippen LogP contribution < -0.4 is 5.56 Å². The Bertz CT molecular complexity index is 1090. The van der Waals surface area contributed by atoms with Gasteiger partial charge in [-0.2, -0.15) is 0 Å². The Hall–Kier alpha value is -3.28. The Labute approximate surface area is 161 Å². The van der Waals surface area contributed by atoms with Crippen LogP contribution in [0, 0.1) is 12.7 Å². The molecule has 2 heterocycles. The van der Waals surface area contributed by atoms with E-state index in [9.17, 15) is 14.0 Å². The second kappa shape index (κ2) is 7.38. The highest BCUT2D eigenvalue weighted by Gasteiger charge is 2.24. The predicted octanol–water partition coefficient (Wildman–Crippen LogP) is 3.01. The highest BCUT2D eigenvalue weighted by Crippen LogP contribution is 2.20. The van der Waals surface area contributed by atoms with Crippen LogP contribution in [0.3, 0.4) is 0 Å². The maximum Gasteiger partial charge on any atom is 0.254 e. The summed E-state index contributed by atoms with van der Waals surface area (Å²) in [5, 5.41) is 0. The fourth-order valence-corrected chi connectivity index (χ4v) is 3.51. The number of carbonyl (C=O) groups excluding carboxylic acids is 1. The molecule has 0 bridgehead atoms. The number of aryl methyl sites for hydroxylation is 1. The van der Waals surface area contributed by atoms with Gasteiger partial charge in [-0.05, 0) is 43.2 Å². The summed E-state index contributed by atoms with van der Waals surface area (Å²) in [7, 11) is 0. The SMILES string of the molecule is Cc1cccc(CC(=O)N2CCc3c(nc(-c4ccc(F)cc4)[nH]c3=O)C2)c1. The van der Waals surface area contributed by atoms with Gasteiger partial charge in [0.25, 0.3) is 5.56 Å². The summed E-state index contributed by atoms with van der Waals surface area (Å²) < 4.78 is 13.2. The Morgan fingerprint density at radius 2 is 2.00 bits per heavy atom. The van der Waals surface area contributed by atoms with E-state index in [-0.39, 0.29) is 17.3 Å². The van der Waals surface area contributed by atoms with Crippen LogP contribution in [0.15, 0.2) is 53.3 Å². The molecule has 4 rings (SSSR count). The van der Waals surface area contributed by atoms with Crippen LogP contribution in [0.2, 0.25) is 0 Å². The number of rotatable bonds is 3. The van der Waals surface area contributed by atoms with Crippen molar-refractivity contribution in [1.82, 2.24) is 14.9 Å². The number of nitrogens with one attached hydrogen (secondary N) is 1. The minimum Gasteiger partial charge on any atom is -0.336 e. The molecular formula is C22H20FN3O2. The molecule has 0 radical (unpaired) electrons. The Kier molecular flexibility index (Phi) is 4.77. The zero-order valence-corrected chi connectivity index (χ0v) is 15.5. The van der Waals surface area contributed by atoms with Crippen LogP contribution in [-0.4, -0.2) is 27.3 Å². The predicted molar refractivity (Wildman–Crippen MR) is 104 cm³/mol. The second-order valence-electron chi connectivity index (χ2n) is 7.08. The molecule has 1 aliphatic rings. The minimum absolute atomic E-state index is 0.0154. The van der Waals surface area contributed by atoms with Gasteiger partial charge in [0, 0.05) is 17.7 Å². The average Bonchev–Trinajstić information content (AvgIpc) is 2.68. The van der Waals surface area contributed by atoms with Crippen LogP contribution in [-0.2, 0) is 24.2 Å². The van der Waals surface area contributed by atoms with E-state index in [1.807, 2.05) is 31.2 Å². The first kappa shape index (κ1) is 18.1. The molecule has 0 saturated heterocycles. The molecular weight excluding hydrogens is 357 g/mol. The third-order valence-electron chi connectivity index (χ3n) is 4.98. The molecule has 3 aromatic rings. The van der Waals surface area contributed by atoms with Crippen molar-refractivity contribution in [2.75, 3.05) is 6.54 Å². The van der Waals surface area contributed by atoms with Crippen molar-refractivity contribution in [3.8, 4) is 11.4 Å². The molecule has 0 spiro atoms. The summed E-state index contributed by atoms with van der Waals surface area (Å²) in [6.45, 7) is 2.80. The standard InChI is InChI=1S/C22H20FN3O2/c1-14-3-2-4-15(11-14)12-20(27)26-10-9-18-19(13-26)24-21(25-22(18)28)16-5-7-17(23)8-6-16/h2-8,11H,9-10,12-13H2,1H3,(H,24,25,28). The number of hydrogen-bond acceptors (Lipinski definition) is 3. The maximum absolute atomic E-state index is 13.2. The van der Waals surface area contributed by atoms with Crippen LogP contribution in [0.5, 0.6) is 0 Å². The van der Waals surface area contributed by atoms with E-state index >= 15 is 0 Å². The minimum atomic E-state index is -0.350. The third-order valence-corrected chi connectivity index (χ3v) is 4.98. The fourth-order valence-electron chi connectivity index (χ4n) is 3.51. The zero-order chi connectivity index (χ0) is 19.7. The quantitative estimate of drug-likeness (QED) is 0.763. The van der Waals surface area contributed by atoms with Gasteiger partial charge in [0.05, 0.1) is 18.7 Å². The number of hydrogen-bond donors (Lipinski definition) is 1. The fraction of sp³-hybridized carbons (Fsp3) is 0.227. The van der Waals surface area contributed by atoms with Gasteiger partial charge in [0.2, 0.25) is 5.91 Å². The Morgan fingerprint density at radius 1 is 1.21 bits per heavy atom. The summed E-state index contributed by atoms with van der Waals surface area (Å²) in [4.78, 5) is 34.3. The van der Waals surface area contributed by atoms with Crippen molar-refractivity contribution >= 4 is 5.91 Å². The molecule has 0 unspecified atom stereocenters. The van der Waals surface area contributed by atoms with Gasteiger partial charge in [-0.25, -0.2) is 9.37 Å². The smallest absolute Gasteiger partial charge is 0.254 e. The third kappa shape index (κ3) is 3.71. The summed E-state index contributed by atoms with van der Waals surface area (Å²) in [5.74, 6) is 0.0513. The number of benzene rings is 2. The molecule has 1 N–H and O–H groups in total. The van der Waals surface area contributed by atoms with Gasteiger partial charge in [-0.15, -0.1) is 0 Å². The number of halogens is 1. The van der Waals surface area contributed by atoms with Gasteiger partial charge in [0.15, 0.2) is 0 Å². The molecule has 0 fully saturated rings. The summed E-state index contributed by atoms with van der Waals surface area (Å²) in [5.41, 5.74) is 3.74. The first-order valence-electron chi connectivity index (χ1n) is 9.21. The van der Waals surface area contributed by atoms with Gasteiger partial charge < -0.3 is 9.88 Å². The molecule has 0 atom stereocenters. The highest BCUT2D eigenvalue weighted by molar-refractivity contribution is 5.79. The summed E-state index contributed by atoms with van der Waals surface area (Å²) >= 11 is 0. The topological polar surface area (TPSA) is 66.1 Å². The Morgan fingerprint density at radius 3 is 2.75 bits per heavy atom. The molecule has 1 aromatic heterocycles.